The molecular formula is C10H14ClN3O2S. The van der Waals surface area contributed by atoms with Gasteiger partial charge >= 0.3 is 0 Å². The van der Waals surface area contributed by atoms with Gasteiger partial charge in [-0.15, -0.1) is 11.3 Å². The van der Waals surface area contributed by atoms with Crippen molar-refractivity contribution in [3.05, 3.63) is 21.3 Å². The number of nitrogens with two attached hydrogens (primary N) is 1. The number of amidine groups is 1. The van der Waals surface area contributed by atoms with Crippen LogP contribution in [-0.2, 0) is 0 Å². The molecule has 1 atom stereocenters. The summed E-state index contributed by atoms with van der Waals surface area (Å²) >= 11 is 6.93. The van der Waals surface area contributed by atoms with Crippen LogP contribution in [0, 0.1) is 0 Å². The molecule has 1 heterocycles. The fraction of sp³-hybridized carbons (Fsp3) is 0.400. The molecule has 0 aliphatic carbocycles. The number of carbonyl (C=O) groups is 1. The van der Waals surface area contributed by atoms with Gasteiger partial charge in [-0.2, -0.15) is 0 Å². The monoisotopic (exact) mass is 275 g/mol. The number of hydrogen-bond donors (Lipinski definition) is 3. The summed E-state index contributed by atoms with van der Waals surface area (Å²) < 4.78 is 0.547. The second-order valence-corrected chi connectivity index (χ2v) is 5.16. The number of amides is 1. The van der Waals surface area contributed by atoms with Gasteiger partial charge in [-0.05, 0) is 18.6 Å². The fourth-order valence-electron chi connectivity index (χ4n) is 1.32. The van der Waals surface area contributed by atoms with Crippen molar-refractivity contribution >= 4 is 34.7 Å². The Labute approximate surface area is 108 Å². The van der Waals surface area contributed by atoms with Gasteiger partial charge in [0.1, 0.15) is 0 Å². The summed E-state index contributed by atoms with van der Waals surface area (Å²) in [5.74, 6) is -0.269. The largest absolute Gasteiger partial charge is 0.409 e. The fourth-order valence-corrected chi connectivity index (χ4v) is 2.26. The van der Waals surface area contributed by atoms with Crippen LogP contribution in [0.25, 0.3) is 0 Å². The van der Waals surface area contributed by atoms with E-state index in [4.69, 9.17) is 22.5 Å². The topological polar surface area (TPSA) is 87.7 Å². The van der Waals surface area contributed by atoms with E-state index in [2.05, 4.69) is 10.5 Å². The SMILES string of the molecule is CCCC(NC(=O)c1ccc(Cl)s1)/C(N)=N/O. The van der Waals surface area contributed by atoms with Gasteiger partial charge in [-0.3, -0.25) is 4.79 Å². The maximum atomic E-state index is 11.8. The number of hydrogen-bond acceptors (Lipinski definition) is 4. The summed E-state index contributed by atoms with van der Waals surface area (Å²) in [4.78, 5) is 12.3. The smallest absolute Gasteiger partial charge is 0.261 e. The van der Waals surface area contributed by atoms with E-state index in [0.29, 0.717) is 15.6 Å². The zero-order valence-corrected chi connectivity index (χ0v) is 10.9. The van der Waals surface area contributed by atoms with Crippen molar-refractivity contribution in [3.8, 4) is 0 Å². The Bertz CT molecular complexity index is 419. The standard InChI is InChI=1S/C10H14ClN3O2S/c1-2-3-6(9(12)14-16)13-10(15)7-4-5-8(11)17-7/h4-6,16H,2-3H2,1H3,(H2,12,14)(H,13,15). The summed E-state index contributed by atoms with van der Waals surface area (Å²) in [5, 5.41) is 14.2. The second kappa shape index (κ2) is 6.46. The van der Waals surface area contributed by atoms with Crippen LogP contribution in [0.3, 0.4) is 0 Å². The lowest BCUT2D eigenvalue weighted by Gasteiger charge is -2.15. The molecule has 1 amide bonds. The molecule has 0 aliphatic rings. The van der Waals surface area contributed by atoms with Crippen molar-refractivity contribution < 1.29 is 10.0 Å². The van der Waals surface area contributed by atoms with Crippen LogP contribution >= 0.6 is 22.9 Å². The third-order valence-electron chi connectivity index (χ3n) is 2.15. The van der Waals surface area contributed by atoms with Gasteiger partial charge in [-0.1, -0.05) is 30.1 Å². The number of nitrogens with zero attached hydrogens (tertiary/aromatic N) is 1. The average Bonchev–Trinajstić information content (AvgIpc) is 2.74. The number of carbonyl (C=O) groups excluding carboxylic acids is 1. The molecule has 94 valence electrons. The summed E-state index contributed by atoms with van der Waals surface area (Å²) in [7, 11) is 0. The van der Waals surface area contributed by atoms with Crippen LogP contribution in [0.1, 0.15) is 29.4 Å². The van der Waals surface area contributed by atoms with E-state index >= 15 is 0 Å². The van der Waals surface area contributed by atoms with Gasteiger partial charge in [0, 0.05) is 0 Å². The van der Waals surface area contributed by atoms with Gasteiger partial charge in [0.2, 0.25) is 0 Å². The zero-order valence-electron chi connectivity index (χ0n) is 9.31. The van der Waals surface area contributed by atoms with E-state index in [-0.39, 0.29) is 11.7 Å². The molecule has 0 aromatic carbocycles. The Morgan fingerprint density at radius 3 is 2.88 bits per heavy atom. The molecule has 7 heteroatoms. The van der Waals surface area contributed by atoms with Gasteiger partial charge in [0.25, 0.3) is 5.91 Å². The third kappa shape index (κ3) is 3.90. The molecule has 1 aromatic rings. The average molecular weight is 276 g/mol. The predicted molar refractivity (Wildman–Crippen MR) is 68.9 cm³/mol. The molecule has 5 nitrogen and oxygen atoms in total. The molecule has 4 N–H and O–H groups in total. The van der Waals surface area contributed by atoms with Gasteiger partial charge < -0.3 is 16.3 Å². The van der Waals surface area contributed by atoms with Crippen molar-refractivity contribution in [2.45, 2.75) is 25.8 Å². The minimum Gasteiger partial charge on any atom is -0.409 e. The summed E-state index contributed by atoms with van der Waals surface area (Å²) in [6.45, 7) is 1.95. The molecule has 0 saturated heterocycles. The molecule has 1 aromatic heterocycles. The molecule has 0 bridgehead atoms. The number of rotatable bonds is 5. The molecule has 0 radical (unpaired) electrons. The van der Waals surface area contributed by atoms with Gasteiger partial charge in [0.15, 0.2) is 5.84 Å². The Morgan fingerprint density at radius 2 is 2.41 bits per heavy atom. The normalized spacial score (nSPS) is 13.4. The van der Waals surface area contributed by atoms with Crippen LogP contribution in [0.15, 0.2) is 17.3 Å². The zero-order chi connectivity index (χ0) is 12.8. The number of oxime groups is 1. The van der Waals surface area contributed by atoms with Crippen LogP contribution in [0.2, 0.25) is 4.34 Å². The van der Waals surface area contributed by atoms with Crippen molar-refractivity contribution in [2.75, 3.05) is 0 Å². The van der Waals surface area contributed by atoms with Crippen molar-refractivity contribution in [1.82, 2.24) is 5.32 Å². The van der Waals surface area contributed by atoms with E-state index in [0.717, 1.165) is 6.42 Å². The Hall–Kier alpha value is -1.27. The van der Waals surface area contributed by atoms with E-state index in [1.54, 1.807) is 12.1 Å². The molecule has 17 heavy (non-hydrogen) atoms. The van der Waals surface area contributed by atoms with Gasteiger partial charge in [-0.25, -0.2) is 0 Å². The Balaban J connectivity index is 2.70. The van der Waals surface area contributed by atoms with E-state index in [1.165, 1.54) is 11.3 Å². The molecular weight excluding hydrogens is 262 g/mol. The quantitative estimate of drug-likeness (QED) is 0.333. The molecule has 1 unspecified atom stereocenters. The van der Waals surface area contributed by atoms with E-state index < -0.39 is 6.04 Å². The number of nitrogens with one attached hydrogen (secondary N) is 1. The van der Waals surface area contributed by atoms with Crippen LogP contribution in [0.4, 0.5) is 0 Å². The van der Waals surface area contributed by atoms with Crippen molar-refractivity contribution in [3.63, 3.8) is 0 Å². The lowest BCUT2D eigenvalue weighted by molar-refractivity contribution is 0.0949. The van der Waals surface area contributed by atoms with Crippen molar-refractivity contribution in [1.29, 1.82) is 0 Å². The van der Waals surface area contributed by atoms with Gasteiger partial charge in [0.05, 0.1) is 15.3 Å². The first-order valence-corrected chi connectivity index (χ1v) is 6.31. The first-order chi connectivity index (χ1) is 8.08. The van der Waals surface area contributed by atoms with Crippen LogP contribution in [0.5, 0.6) is 0 Å². The number of thiophene rings is 1. The maximum absolute atomic E-state index is 11.8. The molecule has 0 fully saturated rings. The lowest BCUT2D eigenvalue weighted by Crippen LogP contribution is -2.44. The maximum Gasteiger partial charge on any atom is 0.261 e. The highest BCUT2D eigenvalue weighted by Crippen LogP contribution is 2.21. The molecule has 0 saturated carbocycles. The minimum absolute atomic E-state index is 0.00264. The summed E-state index contributed by atoms with van der Waals surface area (Å²) in [6, 6.07) is 2.83. The Morgan fingerprint density at radius 1 is 1.71 bits per heavy atom. The van der Waals surface area contributed by atoms with Crippen molar-refractivity contribution in [2.24, 2.45) is 10.9 Å². The van der Waals surface area contributed by atoms with E-state index in [9.17, 15) is 4.79 Å². The summed E-state index contributed by atoms with van der Waals surface area (Å²) in [5.41, 5.74) is 5.50. The number of halogens is 1. The molecule has 0 aliphatic heterocycles. The highest BCUT2D eigenvalue weighted by atomic mass is 35.5. The highest BCUT2D eigenvalue weighted by Gasteiger charge is 2.18. The summed E-state index contributed by atoms with van der Waals surface area (Å²) in [6.07, 6.45) is 1.42. The third-order valence-corrected chi connectivity index (χ3v) is 3.38. The first kappa shape index (κ1) is 13.8. The second-order valence-electron chi connectivity index (χ2n) is 3.44. The first-order valence-electron chi connectivity index (χ1n) is 5.12. The predicted octanol–water partition coefficient (Wildman–Crippen LogP) is 2.05. The lowest BCUT2D eigenvalue weighted by atomic mass is 10.1. The van der Waals surface area contributed by atoms with Crippen LogP contribution < -0.4 is 11.1 Å². The van der Waals surface area contributed by atoms with E-state index in [1.807, 2.05) is 6.92 Å². The minimum atomic E-state index is -0.460. The molecule has 0 spiro atoms. The molecule has 1 rings (SSSR count). The Kier molecular flexibility index (Phi) is 5.24. The van der Waals surface area contributed by atoms with Crippen LogP contribution in [-0.4, -0.2) is 23.0 Å². The highest BCUT2D eigenvalue weighted by molar-refractivity contribution is 7.18.